The second-order valence-electron chi connectivity index (χ2n) is 5.50. The number of rotatable bonds is 4. The average molecular weight is 318 g/mol. The third-order valence-corrected chi connectivity index (χ3v) is 4.86. The number of hydrogen-bond donors (Lipinski definition) is 1. The lowest BCUT2D eigenvalue weighted by Crippen LogP contribution is -2.26. The van der Waals surface area contributed by atoms with Crippen LogP contribution in [0.3, 0.4) is 0 Å². The molecule has 0 unspecified atom stereocenters. The molecule has 2 aromatic rings. The zero-order valence-corrected chi connectivity index (χ0v) is 13.0. The fourth-order valence-corrected chi connectivity index (χ4v) is 3.63. The fourth-order valence-electron chi connectivity index (χ4n) is 2.70. The van der Waals surface area contributed by atoms with Crippen LogP contribution in [0.15, 0.2) is 29.2 Å². The van der Waals surface area contributed by atoms with Crippen LogP contribution in [0.25, 0.3) is 0 Å². The van der Waals surface area contributed by atoms with E-state index < -0.39 is 0 Å². The maximum atomic E-state index is 12.0. The lowest BCUT2D eigenvalue weighted by atomic mass is 9.90. The van der Waals surface area contributed by atoms with E-state index in [4.69, 9.17) is 0 Å². The summed E-state index contributed by atoms with van der Waals surface area (Å²) >= 11 is 1.44. The van der Waals surface area contributed by atoms with E-state index in [2.05, 4.69) is 15.5 Å². The molecule has 0 aromatic carbocycles. The van der Waals surface area contributed by atoms with Gasteiger partial charge in [0, 0.05) is 18.2 Å². The Morgan fingerprint density at radius 1 is 1.27 bits per heavy atom. The highest BCUT2D eigenvalue weighted by molar-refractivity contribution is 7.15. The molecule has 1 N–H and O–H groups in total. The normalized spacial score (nSPS) is 15.6. The van der Waals surface area contributed by atoms with Crippen molar-refractivity contribution in [3.63, 3.8) is 0 Å². The van der Waals surface area contributed by atoms with Crippen molar-refractivity contribution >= 4 is 22.4 Å². The minimum Gasteiger partial charge on any atom is -0.306 e. The molecule has 0 atom stereocenters. The number of carbonyl (C=O) groups is 1. The van der Waals surface area contributed by atoms with E-state index in [-0.39, 0.29) is 18.0 Å². The smallest absolute Gasteiger partial charge is 0.250 e. The number of aromatic nitrogens is 3. The maximum absolute atomic E-state index is 12.0. The minimum atomic E-state index is -0.264. The van der Waals surface area contributed by atoms with Gasteiger partial charge in [-0.2, -0.15) is 0 Å². The first-order chi connectivity index (χ1) is 10.7. The van der Waals surface area contributed by atoms with Crippen LogP contribution in [0.1, 0.15) is 43.0 Å². The highest BCUT2D eigenvalue weighted by Crippen LogP contribution is 2.35. The van der Waals surface area contributed by atoms with Crippen LogP contribution < -0.4 is 10.9 Å². The third kappa shape index (κ3) is 3.59. The number of pyridine rings is 1. The lowest BCUT2D eigenvalue weighted by molar-refractivity contribution is -0.116. The zero-order chi connectivity index (χ0) is 15.4. The van der Waals surface area contributed by atoms with Gasteiger partial charge in [0.25, 0.3) is 5.56 Å². The molecular weight excluding hydrogens is 300 g/mol. The Labute approximate surface area is 132 Å². The number of nitrogens with one attached hydrogen (secondary N) is 1. The molecule has 1 aliphatic carbocycles. The Bertz CT molecular complexity index is 703. The minimum absolute atomic E-state index is 0.0159. The van der Waals surface area contributed by atoms with Crippen LogP contribution in [-0.4, -0.2) is 20.7 Å². The fraction of sp³-hybridized carbons (Fsp3) is 0.467. The second-order valence-corrected chi connectivity index (χ2v) is 6.50. The van der Waals surface area contributed by atoms with E-state index in [0.717, 1.165) is 17.8 Å². The van der Waals surface area contributed by atoms with Crippen molar-refractivity contribution < 1.29 is 4.79 Å². The predicted molar refractivity (Wildman–Crippen MR) is 85.1 cm³/mol. The molecule has 22 heavy (non-hydrogen) atoms. The van der Waals surface area contributed by atoms with E-state index in [1.165, 1.54) is 41.2 Å². The average Bonchev–Trinajstić information content (AvgIpc) is 2.99. The van der Waals surface area contributed by atoms with Gasteiger partial charge in [0.1, 0.15) is 11.6 Å². The van der Waals surface area contributed by atoms with Gasteiger partial charge in [0.15, 0.2) is 0 Å². The molecule has 1 saturated carbocycles. The summed E-state index contributed by atoms with van der Waals surface area (Å²) in [6.07, 6.45) is 7.68. The standard InChI is InChI=1S/C15H18N4O2S/c20-12(10-19-9-5-4-8-13(19)21)16-15-18-17-14(22-15)11-6-2-1-3-7-11/h4-5,8-9,11H,1-3,6-7,10H2,(H,16,18,20). The van der Waals surface area contributed by atoms with E-state index in [1.807, 2.05) is 0 Å². The van der Waals surface area contributed by atoms with Crippen LogP contribution in [0.4, 0.5) is 5.13 Å². The molecule has 1 amide bonds. The van der Waals surface area contributed by atoms with Crippen molar-refractivity contribution in [1.29, 1.82) is 0 Å². The first kappa shape index (κ1) is 14.9. The zero-order valence-electron chi connectivity index (χ0n) is 12.2. The highest BCUT2D eigenvalue weighted by Gasteiger charge is 2.20. The first-order valence-electron chi connectivity index (χ1n) is 7.51. The van der Waals surface area contributed by atoms with Crippen LogP contribution in [0, 0.1) is 0 Å². The van der Waals surface area contributed by atoms with Crippen molar-refractivity contribution in [3.8, 4) is 0 Å². The Morgan fingerprint density at radius 2 is 2.09 bits per heavy atom. The van der Waals surface area contributed by atoms with Gasteiger partial charge >= 0.3 is 0 Å². The van der Waals surface area contributed by atoms with E-state index in [0.29, 0.717) is 11.0 Å². The third-order valence-electron chi connectivity index (χ3n) is 3.85. The molecule has 3 rings (SSSR count). The van der Waals surface area contributed by atoms with Gasteiger partial charge in [-0.25, -0.2) is 0 Å². The van der Waals surface area contributed by atoms with E-state index in [1.54, 1.807) is 18.3 Å². The summed E-state index contributed by atoms with van der Waals surface area (Å²) in [4.78, 5) is 23.6. The molecule has 0 radical (unpaired) electrons. The van der Waals surface area contributed by atoms with Crippen LogP contribution in [0.2, 0.25) is 0 Å². The Hall–Kier alpha value is -2.02. The number of carbonyl (C=O) groups excluding carboxylic acids is 1. The van der Waals surface area contributed by atoms with Gasteiger partial charge in [-0.3, -0.25) is 14.9 Å². The predicted octanol–water partition coefficient (Wildman–Crippen LogP) is 2.39. The summed E-state index contributed by atoms with van der Waals surface area (Å²) in [7, 11) is 0. The SMILES string of the molecule is O=C(Cn1ccccc1=O)Nc1nnc(C2CCCCC2)s1. The van der Waals surface area contributed by atoms with Crippen molar-refractivity contribution in [2.75, 3.05) is 5.32 Å². The van der Waals surface area contributed by atoms with E-state index in [9.17, 15) is 9.59 Å². The van der Waals surface area contributed by atoms with E-state index >= 15 is 0 Å². The van der Waals surface area contributed by atoms with Crippen molar-refractivity contribution in [1.82, 2.24) is 14.8 Å². The van der Waals surface area contributed by atoms with Crippen molar-refractivity contribution in [2.45, 2.75) is 44.6 Å². The summed E-state index contributed by atoms with van der Waals surface area (Å²) in [5, 5.41) is 12.5. The van der Waals surface area contributed by atoms with Crippen LogP contribution in [-0.2, 0) is 11.3 Å². The van der Waals surface area contributed by atoms with Crippen LogP contribution >= 0.6 is 11.3 Å². The molecule has 0 aliphatic heterocycles. The van der Waals surface area contributed by atoms with Gasteiger partial charge < -0.3 is 4.57 Å². The Kier molecular flexibility index (Phi) is 4.62. The Balaban J connectivity index is 1.61. The second kappa shape index (κ2) is 6.83. The first-order valence-corrected chi connectivity index (χ1v) is 8.33. The topological polar surface area (TPSA) is 76.9 Å². The molecule has 2 heterocycles. The van der Waals surface area contributed by atoms with Gasteiger partial charge in [-0.1, -0.05) is 36.7 Å². The van der Waals surface area contributed by atoms with Gasteiger partial charge in [-0.05, 0) is 18.9 Å². The molecular formula is C15H18N4O2S. The summed E-state index contributed by atoms with van der Waals surface area (Å²) in [5.74, 6) is 0.216. The summed E-state index contributed by atoms with van der Waals surface area (Å²) in [6, 6.07) is 4.80. The summed E-state index contributed by atoms with van der Waals surface area (Å²) in [5.41, 5.74) is -0.196. The van der Waals surface area contributed by atoms with Gasteiger partial charge in [-0.15, -0.1) is 10.2 Å². The summed E-state index contributed by atoms with van der Waals surface area (Å²) in [6.45, 7) is -0.0159. The summed E-state index contributed by atoms with van der Waals surface area (Å²) < 4.78 is 1.36. The Morgan fingerprint density at radius 3 is 2.86 bits per heavy atom. The maximum Gasteiger partial charge on any atom is 0.250 e. The molecule has 6 nitrogen and oxygen atoms in total. The molecule has 0 saturated heterocycles. The molecule has 2 aromatic heterocycles. The molecule has 1 fully saturated rings. The molecule has 0 bridgehead atoms. The monoisotopic (exact) mass is 318 g/mol. The highest BCUT2D eigenvalue weighted by atomic mass is 32.1. The number of hydrogen-bond acceptors (Lipinski definition) is 5. The van der Waals surface area contributed by atoms with Crippen molar-refractivity contribution in [2.24, 2.45) is 0 Å². The quantitative estimate of drug-likeness (QED) is 0.939. The van der Waals surface area contributed by atoms with Gasteiger partial charge in [0.05, 0.1) is 0 Å². The van der Waals surface area contributed by atoms with Gasteiger partial charge in [0.2, 0.25) is 11.0 Å². The molecule has 116 valence electrons. The number of anilines is 1. The van der Waals surface area contributed by atoms with Crippen LogP contribution in [0.5, 0.6) is 0 Å². The number of nitrogens with zero attached hydrogens (tertiary/aromatic N) is 3. The molecule has 0 spiro atoms. The number of amides is 1. The lowest BCUT2D eigenvalue weighted by Gasteiger charge is -2.18. The molecule has 7 heteroatoms. The molecule has 1 aliphatic rings. The van der Waals surface area contributed by atoms with Crippen molar-refractivity contribution in [3.05, 3.63) is 39.8 Å². The largest absolute Gasteiger partial charge is 0.306 e.